The molecule has 1 saturated carbocycles. The van der Waals surface area contributed by atoms with Crippen LogP contribution in [-0.2, 0) is 9.59 Å². The monoisotopic (exact) mass is 280 g/mol. The molecule has 2 aliphatic rings. The lowest BCUT2D eigenvalue weighted by atomic mass is 9.78. The average Bonchev–Trinajstić information content (AvgIpc) is 2.46. The average molecular weight is 280 g/mol. The van der Waals surface area contributed by atoms with Gasteiger partial charge in [0.1, 0.15) is 0 Å². The van der Waals surface area contributed by atoms with Crippen LogP contribution in [0.15, 0.2) is 0 Å². The van der Waals surface area contributed by atoms with Crippen molar-refractivity contribution in [2.75, 3.05) is 20.6 Å². The zero-order valence-corrected chi connectivity index (χ0v) is 12.9. The van der Waals surface area contributed by atoms with Crippen molar-refractivity contribution in [3.63, 3.8) is 0 Å². The van der Waals surface area contributed by atoms with Gasteiger partial charge in [-0.2, -0.15) is 0 Å². The smallest absolute Gasteiger partial charge is 0.222 e. The molecule has 2 fully saturated rings. The van der Waals surface area contributed by atoms with Gasteiger partial charge in [0.05, 0.1) is 0 Å². The van der Waals surface area contributed by atoms with E-state index in [0.717, 1.165) is 18.9 Å². The van der Waals surface area contributed by atoms with E-state index in [-0.39, 0.29) is 11.8 Å². The predicted octanol–water partition coefficient (Wildman–Crippen LogP) is 2.43. The predicted molar refractivity (Wildman–Crippen MR) is 79.2 cm³/mol. The fourth-order valence-electron chi connectivity index (χ4n) is 3.69. The number of rotatable bonds is 4. The SMILES string of the molecule is CN(C)C(=O)CCCC(=O)N1CCCC2CCCCC21. The molecule has 114 valence electrons. The van der Waals surface area contributed by atoms with Gasteiger partial charge in [0.15, 0.2) is 0 Å². The Balaban J connectivity index is 1.80. The summed E-state index contributed by atoms with van der Waals surface area (Å²) in [6.45, 7) is 0.932. The first kappa shape index (κ1) is 15.3. The molecule has 2 unspecified atom stereocenters. The fraction of sp³-hybridized carbons (Fsp3) is 0.875. The number of amides is 2. The second-order valence-electron chi connectivity index (χ2n) is 6.48. The van der Waals surface area contributed by atoms with Gasteiger partial charge < -0.3 is 9.80 Å². The van der Waals surface area contributed by atoms with Crippen LogP contribution in [0.5, 0.6) is 0 Å². The number of hydrogen-bond acceptors (Lipinski definition) is 2. The molecule has 2 amide bonds. The van der Waals surface area contributed by atoms with Crippen LogP contribution in [0.1, 0.15) is 57.8 Å². The van der Waals surface area contributed by atoms with Crippen molar-refractivity contribution in [1.82, 2.24) is 9.80 Å². The van der Waals surface area contributed by atoms with E-state index in [1.165, 1.54) is 32.1 Å². The van der Waals surface area contributed by atoms with Crippen LogP contribution in [0.3, 0.4) is 0 Å². The molecule has 1 aliphatic heterocycles. The van der Waals surface area contributed by atoms with E-state index in [1.807, 2.05) is 0 Å². The fourth-order valence-corrected chi connectivity index (χ4v) is 3.69. The first-order valence-electron chi connectivity index (χ1n) is 8.09. The molecule has 4 nitrogen and oxygen atoms in total. The largest absolute Gasteiger partial charge is 0.349 e. The summed E-state index contributed by atoms with van der Waals surface area (Å²) >= 11 is 0. The van der Waals surface area contributed by atoms with Crippen LogP contribution in [0.4, 0.5) is 0 Å². The third-order valence-electron chi connectivity index (χ3n) is 4.84. The topological polar surface area (TPSA) is 40.6 Å². The lowest BCUT2D eigenvalue weighted by molar-refractivity contribution is -0.137. The summed E-state index contributed by atoms with van der Waals surface area (Å²) in [5, 5.41) is 0. The van der Waals surface area contributed by atoms with Crippen molar-refractivity contribution < 1.29 is 9.59 Å². The summed E-state index contributed by atoms with van der Waals surface area (Å²) in [5.41, 5.74) is 0. The first-order valence-corrected chi connectivity index (χ1v) is 8.09. The van der Waals surface area contributed by atoms with Gasteiger partial charge in [0.25, 0.3) is 0 Å². The summed E-state index contributed by atoms with van der Waals surface area (Å²) in [6.07, 6.45) is 9.25. The van der Waals surface area contributed by atoms with Gasteiger partial charge in [-0.1, -0.05) is 12.8 Å². The quantitative estimate of drug-likeness (QED) is 0.793. The molecule has 0 spiro atoms. The Morgan fingerprint density at radius 3 is 2.50 bits per heavy atom. The molecule has 0 aromatic carbocycles. The minimum absolute atomic E-state index is 0.118. The third kappa shape index (κ3) is 3.74. The van der Waals surface area contributed by atoms with Gasteiger partial charge >= 0.3 is 0 Å². The molecule has 1 heterocycles. The molecule has 0 radical (unpaired) electrons. The lowest BCUT2D eigenvalue weighted by Gasteiger charge is -2.44. The molecule has 1 saturated heterocycles. The van der Waals surface area contributed by atoms with Gasteiger partial charge in [-0.3, -0.25) is 9.59 Å². The maximum Gasteiger partial charge on any atom is 0.222 e. The zero-order valence-electron chi connectivity index (χ0n) is 12.9. The summed E-state index contributed by atoms with van der Waals surface area (Å²) in [5.74, 6) is 1.13. The van der Waals surface area contributed by atoms with Crippen LogP contribution < -0.4 is 0 Å². The van der Waals surface area contributed by atoms with Crippen LogP contribution in [0, 0.1) is 5.92 Å². The van der Waals surface area contributed by atoms with Gasteiger partial charge in [-0.25, -0.2) is 0 Å². The van der Waals surface area contributed by atoms with E-state index in [4.69, 9.17) is 0 Å². The van der Waals surface area contributed by atoms with Gasteiger partial charge in [0.2, 0.25) is 11.8 Å². The van der Waals surface area contributed by atoms with E-state index < -0.39 is 0 Å². The van der Waals surface area contributed by atoms with E-state index in [0.29, 0.717) is 25.3 Å². The van der Waals surface area contributed by atoms with Crippen molar-refractivity contribution in [3.05, 3.63) is 0 Å². The Bertz CT molecular complexity index is 352. The van der Waals surface area contributed by atoms with E-state index in [2.05, 4.69) is 4.90 Å². The highest BCUT2D eigenvalue weighted by atomic mass is 16.2. The molecule has 0 N–H and O–H groups in total. The standard InChI is InChI=1S/C16H28N2O2/c1-17(2)15(19)10-5-11-16(20)18-12-6-8-13-7-3-4-9-14(13)18/h13-14H,3-12H2,1-2H3. The highest BCUT2D eigenvalue weighted by Gasteiger charge is 2.35. The van der Waals surface area contributed by atoms with Gasteiger partial charge in [-0.15, -0.1) is 0 Å². The molecular weight excluding hydrogens is 252 g/mol. The number of fused-ring (bicyclic) bond motifs is 1. The highest BCUT2D eigenvalue weighted by molar-refractivity contribution is 5.79. The summed E-state index contributed by atoms with van der Waals surface area (Å²) in [7, 11) is 3.53. The molecule has 4 heteroatoms. The summed E-state index contributed by atoms with van der Waals surface area (Å²) in [6, 6.07) is 0.495. The van der Waals surface area contributed by atoms with E-state index >= 15 is 0 Å². The number of carbonyl (C=O) groups is 2. The number of carbonyl (C=O) groups excluding carboxylic acids is 2. The number of nitrogens with zero attached hydrogens (tertiary/aromatic N) is 2. The van der Waals surface area contributed by atoms with Crippen molar-refractivity contribution in [2.45, 2.75) is 63.8 Å². The highest BCUT2D eigenvalue weighted by Crippen LogP contribution is 2.35. The minimum Gasteiger partial charge on any atom is -0.349 e. The Morgan fingerprint density at radius 2 is 1.75 bits per heavy atom. The maximum atomic E-state index is 12.4. The van der Waals surface area contributed by atoms with Crippen LogP contribution in [0.2, 0.25) is 0 Å². The van der Waals surface area contributed by atoms with Gasteiger partial charge in [0, 0.05) is 39.5 Å². The molecule has 2 rings (SSSR count). The summed E-state index contributed by atoms with van der Waals surface area (Å²) < 4.78 is 0. The van der Waals surface area contributed by atoms with Crippen molar-refractivity contribution in [3.8, 4) is 0 Å². The van der Waals surface area contributed by atoms with Crippen LogP contribution in [-0.4, -0.2) is 48.3 Å². The van der Waals surface area contributed by atoms with E-state index in [1.54, 1.807) is 19.0 Å². The molecule has 20 heavy (non-hydrogen) atoms. The summed E-state index contributed by atoms with van der Waals surface area (Å²) in [4.78, 5) is 27.7. The molecule has 2 atom stereocenters. The second kappa shape index (κ2) is 7.09. The van der Waals surface area contributed by atoms with Crippen molar-refractivity contribution in [2.24, 2.45) is 5.92 Å². The van der Waals surface area contributed by atoms with Crippen LogP contribution in [0.25, 0.3) is 0 Å². The Morgan fingerprint density at radius 1 is 1.05 bits per heavy atom. The molecule has 1 aliphatic carbocycles. The molecule has 0 aromatic heterocycles. The second-order valence-corrected chi connectivity index (χ2v) is 6.48. The number of likely N-dealkylation sites (tertiary alicyclic amines) is 1. The molecule has 0 bridgehead atoms. The number of hydrogen-bond donors (Lipinski definition) is 0. The third-order valence-corrected chi connectivity index (χ3v) is 4.84. The lowest BCUT2D eigenvalue weighted by Crippen LogP contribution is -2.49. The Hall–Kier alpha value is -1.06. The maximum absolute atomic E-state index is 12.4. The normalized spacial score (nSPS) is 26.0. The van der Waals surface area contributed by atoms with Crippen molar-refractivity contribution in [1.29, 1.82) is 0 Å². The molecular formula is C16H28N2O2. The Labute approximate surface area is 122 Å². The van der Waals surface area contributed by atoms with Crippen LogP contribution >= 0.6 is 0 Å². The molecule has 0 aromatic rings. The Kier molecular flexibility index (Phi) is 5.44. The first-order chi connectivity index (χ1) is 9.59. The van der Waals surface area contributed by atoms with E-state index in [9.17, 15) is 9.59 Å². The van der Waals surface area contributed by atoms with Crippen molar-refractivity contribution >= 4 is 11.8 Å². The number of piperidine rings is 1. The zero-order chi connectivity index (χ0) is 14.5. The minimum atomic E-state index is 0.118. The van der Waals surface area contributed by atoms with Gasteiger partial charge in [-0.05, 0) is 38.0 Å².